The number of aryl methyl sites for hydroxylation is 1. The van der Waals surface area contributed by atoms with Gasteiger partial charge in [-0.05, 0) is 116 Å². The number of ether oxygens (including phenoxy) is 1. The number of halogens is 1. The highest BCUT2D eigenvalue weighted by molar-refractivity contribution is 8.00. The summed E-state index contributed by atoms with van der Waals surface area (Å²) in [7, 11) is 0. The molecular weight excluding hydrogens is 756 g/mol. The van der Waals surface area contributed by atoms with Crippen molar-refractivity contribution in [2.45, 2.75) is 30.0 Å². The van der Waals surface area contributed by atoms with Gasteiger partial charge in [0.1, 0.15) is 17.2 Å². The Balaban J connectivity index is 0.999. The van der Waals surface area contributed by atoms with Crippen LogP contribution in [0.25, 0.3) is 27.9 Å². The van der Waals surface area contributed by atoms with E-state index in [0.717, 1.165) is 33.9 Å². The molecule has 0 saturated carbocycles. The summed E-state index contributed by atoms with van der Waals surface area (Å²) < 4.78 is 8.10. The highest BCUT2D eigenvalue weighted by Gasteiger charge is 2.40. The van der Waals surface area contributed by atoms with Gasteiger partial charge in [-0.2, -0.15) is 0 Å². The Morgan fingerprint density at radius 2 is 1.49 bits per heavy atom. The van der Waals surface area contributed by atoms with E-state index in [0.29, 0.717) is 38.4 Å². The maximum absolute atomic E-state index is 14.0. The Hall–Kier alpha value is -6.62. The van der Waals surface area contributed by atoms with Gasteiger partial charge in [0.25, 0.3) is 11.8 Å². The van der Waals surface area contributed by atoms with E-state index in [9.17, 15) is 19.2 Å². The summed E-state index contributed by atoms with van der Waals surface area (Å²) in [4.78, 5) is 55.9. The minimum atomic E-state index is -0.664. The molecular formula is C46H35ClN4O5S. The number of benzene rings is 6. The summed E-state index contributed by atoms with van der Waals surface area (Å²) in [6, 6.07) is 43.6. The van der Waals surface area contributed by atoms with Crippen LogP contribution in [-0.4, -0.2) is 33.4 Å². The molecule has 11 heteroatoms. The van der Waals surface area contributed by atoms with Gasteiger partial charge in [-0.1, -0.05) is 60.1 Å². The van der Waals surface area contributed by atoms with Gasteiger partial charge < -0.3 is 19.9 Å². The number of nitrogens with zero attached hydrogens (tertiary/aromatic N) is 2. The predicted molar refractivity (Wildman–Crippen MR) is 227 cm³/mol. The van der Waals surface area contributed by atoms with Crippen molar-refractivity contribution >= 4 is 86.2 Å². The topological polar surface area (TPSA) is 110 Å². The maximum atomic E-state index is 14.0. The SMILES string of the molecule is CCn1c2ccccc2c2cc(/C=C(\NC(=O)c3ccccc3)C(=O)Nc3cccc(SC4CC(=O)N(c5ccc(Oc6ccc(Cl)cc6)cc5)C4=O)c3)ccc21. The van der Waals surface area contributed by atoms with E-state index in [2.05, 4.69) is 34.3 Å². The zero-order chi connectivity index (χ0) is 39.5. The van der Waals surface area contributed by atoms with Crippen LogP contribution in [0.3, 0.4) is 0 Å². The van der Waals surface area contributed by atoms with E-state index in [-0.39, 0.29) is 23.9 Å². The average Bonchev–Trinajstić information content (AvgIpc) is 3.70. The largest absolute Gasteiger partial charge is 0.457 e. The van der Waals surface area contributed by atoms with E-state index in [1.165, 1.54) is 16.7 Å². The van der Waals surface area contributed by atoms with Gasteiger partial charge in [0.15, 0.2) is 0 Å². The number of para-hydroxylation sites is 1. The summed E-state index contributed by atoms with van der Waals surface area (Å²) in [6.07, 6.45) is 1.68. The van der Waals surface area contributed by atoms with Gasteiger partial charge in [-0.3, -0.25) is 19.2 Å². The lowest BCUT2D eigenvalue weighted by molar-refractivity contribution is -0.121. The normalized spacial score (nSPS) is 14.3. The van der Waals surface area contributed by atoms with Crippen molar-refractivity contribution in [1.82, 2.24) is 9.88 Å². The van der Waals surface area contributed by atoms with Crippen LogP contribution < -0.4 is 20.3 Å². The summed E-state index contributed by atoms with van der Waals surface area (Å²) in [6.45, 7) is 2.91. The first-order valence-corrected chi connectivity index (χ1v) is 19.6. The van der Waals surface area contributed by atoms with Gasteiger partial charge in [0, 0.05) is 55.9 Å². The fourth-order valence-electron chi connectivity index (χ4n) is 6.89. The number of amides is 4. The van der Waals surface area contributed by atoms with Crippen molar-refractivity contribution in [2.75, 3.05) is 10.2 Å². The van der Waals surface area contributed by atoms with Crippen molar-refractivity contribution in [2.24, 2.45) is 0 Å². The molecule has 1 aromatic heterocycles. The smallest absolute Gasteiger partial charge is 0.272 e. The first kappa shape index (κ1) is 37.3. The molecule has 0 aliphatic carbocycles. The molecule has 282 valence electrons. The Bertz CT molecular complexity index is 2690. The van der Waals surface area contributed by atoms with Crippen molar-refractivity contribution in [3.05, 3.63) is 167 Å². The fraction of sp³-hybridized carbons (Fsp3) is 0.0870. The van der Waals surface area contributed by atoms with Gasteiger partial charge in [0.2, 0.25) is 11.8 Å². The number of anilines is 2. The number of hydrogen-bond acceptors (Lipinski definition) is 6. The molecule has 1 atom stereocenters. The lowest BCUT2D eigenvalue weighted by Gasteiger charge is -2.16. The number of imide groups is 1. The Labute approximate surface area is 337 Å². The van der Waals surface area contributed by atoms with Crippen LogP contribution >= 0.6 is 23.4 Å². The number of rotatable bonds is 11. The highest BCUT2D eigenvalue weighted by atomic mass is 35.5. The van der Waals surface area contributed by atoms with Crippen molar-refractivity contribution in [3.8, 4) is 11.5 Å². The summed E-state index contributed by atoms with van der Waals surface area (Å²) in [5, 5.41) is 7.82. The lowest BCUT2D eigenvalue weighted by atomic mass is 10.1. The van der Waals surface area contributed by atoms with Crippen LogP contribution in [-0.2, 0) is 20.9 Å². The van der Waals surface area contributed by atoms with Gasteiger partial charge in [-0.25, -0.2) is 4.90 Å². The second-order valence-corrected chi connectivity index (χ2v) is 15.0. The van der Waals surface area contributed by atoms with Crippen LogP contribution in [0.1, 0.15) is 29.3 Å². The van der Waals surface area contributed by atoms with Crippen LogP contribution in [0.5, 0.6) is 11.5 Å². The molecule has 2 heterocycles. The molecule has 7 aromatic rings. The molecule has 2 N–H and O–H groups in total. The molecule has 6 aromatic carbocycles. The Morgan fingerprint density at radius 1 is 0.789 bits per heavy atom. The van der Waals surface area contributed by atoms with E-state index in [1.54, 1.807) is 97.1 Å². The first-order chi connectivity index (χ1) is 27.7. The number of carbonyl (C=O) groups is 4. The molecule has 1 aliphatic heterocycles. The number of aromatic nitrogens is 1. The second kappa shape index (κ2) is 16.2. The number of nitrogens with one attached hydrogen (secondary N) is 2. The standard InChI is InChI=1S/C46H35ClN4O5S/c1-2-50-40-14-7-6-13-37(40)38-25-29(15-24-41(38)50)26-39(49-44(53)30-9-4-3-5-10-30)45(54)48-32-11-8-12-36(27-32)57-42-28-43(52)51(46(42)55)33-18-22-35(23-19-33)56-34-20-16-31(47)17-21-34/h3-27,42H,2,28H2,1H3,(H,48,54)(H,49,53)/b39-26-. The maximum Gasteiger partial charge on any atom is 0.272 e. The molecule has 1 aliphatic rings. The minimum absolute atomic E-state index is 0.0167. The molecule has 0 bridgehead atoms. The molecule has 57 heavy (non-hydrogen) atoms. The molecule has 4 amide bonds. The zero-order valence-electron chi connectivity index (χ0n) is 30.6. The molecule has 0 radical (unpaired) electrons. The summed E-state index contributed by atoms with van der Waals surface area (Å²) in [5.74, 6) is -0.451. The third-order valence-electron chi connectivity index (χ3n) is 9.57. The van der Waals surface area contributed by atoms with Gasteiger partial charge in [-0.15, -0.1) is 11.8 Å². The van der Waals surface area contributed by atoms with Crippen LogP contribution in [0, 0.1) is 0 Å². The van der Waals surface area contributed by atoms with E-state index >= 15 is 0 Å². The number of thioether (sulfide) groups is 1. The average molecular weight is 791 g/mol. The van der Waals surface area contributed by atoms with Crippen molar-refractivity contribution in [3.63, 3.8) is 0 Å². The Kier molecular flexibility index (Phi) is 10.6. The minimum Gasteiger partial charge on any atom is -0.457 e. The predicted octanol–water partition coefficient (Wildman–Crippen LogP) is 10.1. The fourth-order valence-corrected chi connectivity index (χ4v) is 8.13. The van der Waals surface area contributed by atoms with Gasteiger partial charge in [0.05, 0.1) is 10.9 Å². The second-order valence-electron chi connectivity index (χ2n) is 13.3. The van der Waals surface area contributed by atoms with Crippen LogP contribution in [0.2, 0.25) is 5.02 Å². The first-order valence-electron chi connectivity index (χ1n) is 18.3. The molecule has 0 spiro atoms. The number of carbonyl (C=O) groups excluding carboxylic acids is 4. The van der Waals surface area contributed by atoms with Gasteiger partial charge >= 0.3 is 0 Å². The molecule has 1 saturated heterocycles. The van der Waals surface area contributed by atoms with Crippen molar-refractivity contribution in [1.29, 1.82) is 0 Å². The number of fused-ring (bicyclic) bond motifs is 3. The van der Waals surface area contributed by atoms with E-state index < -0.39 is 17.1 Å². The zero-order valence-corrected chi connectivity index (χ0v) is 32.2. The summed E-state index contributed by atoms with van der Waals surface area (Å²) >= 11 is 7.21. The highest BCUT2D eigenvalue weighted by Crippen LogP contribution is 2.36. The molecule has 1 fully saturated rings. The quantitative estimate of drug-likeness (QED) is 0.0998. The van der Waals surface area contributed by atoms with Crippen LogP contribution in [0.4, 0.5) is 11.4 Å². The third kappa shape index (κ3) is 8.05. The molecule has 8 rings (SSSR count). The monoisotopic (exact) mass is 790 g/mol. The van der Waals surface area contributed by atoms with Crippen molar-refractivity contribution < 1.29 is 23.9 Å². The Morgan fingerprint density at radius 3 is 2.25 bits per heavy atom. The molecule has 1 unspecified atom stereocenters. The van der Waals surface area contributed by atoms with E-state index in [1.807, 2.05) is 42.5 Å². The number of hydrogen-bond donors (Lipinski definition) is 2. The third-order valence-corrected chi connectivity index (χ3v) is 11.0. The lowest BCUT2D eigenvalue weighted by Crippen LogP contribution is -2.31. The molecule has 9 nitrogen and oxygen atoms in total. The van der Waals surface area contributed by atoms with Crippen LogP contribution in [0.15, 0.2) is 156 Å². The van der Waals surface area contributed by atoms with E-state index in [4.69, 9.17) is 16.3 Å². The summed E-state index contributed by atoms with van der Waals surface area (Å²) in [5.41, 5.74) is 4.30.